The Bertz CT molecular complexity index is 489. The predicted octanol–water partition coefficient (Wildman–Crippen LogP) is 1.99. The molecule has 5 nitrogen and oxygen atoms in total. The molecule has 0 spiro atoms. The van der Waals surface area contributed by atoms with Crippen molar-refractivity contribution in [1.29, 1.82) is 0 Å². The van der Waals surface area contributed by atoms with E-state index in [0.29, 0.717) is 24.0 Å². The van der Waals surface area contributed by atoms with Crippen LogP contribution in [0.1, 0.15) is 6.42 Å². The van der Waals surface area contributed by atoms with Gasteiger partial charge in [0, 0.05) is 38.8 Å². The van der Waals surface area contributed by atoms with Crippen molar-refractivity contribution in [3.05, 3.63) is 24.3 Å². The molecular formula is C13H21ClN2O3S. The SMILES string of the molecule is CN(C)S(=O)(=O)c1ccc(NCCCOCCCl)cc1. The molecular weight excluding hydrogens is 300 g/mol. The average molecular weight is 321 g/mol. The summed E-state index contributed by atoms with van der Waals surface area (Å²) in [6.45, 7) is 1.99. The number of alkyl halides is 1. The maximum atomic E-state index is 11.9. The normalized spacial score (nSPS) is 11.8. The molecule has 0 heterocycles. The first kappa shape index (κ1) is 17.2. The van der Waals surface area contributed by atoms with Gasteiger partial charge in [0.2, 0.25) is 10.0 Å². The lowest BCUT2D eigenvalue weighted by atomic mass is 10.3. The highest BCUT2D eigenvalue weighted by Crippen LogP contribution is 2.16. The lowest BCUT2D eigenvalue weighted by Gasteiger charge is -2.12. The summed E-state index contributed by atoms with van der Waals surface area (Å²) >= 11 is 5.49. The second kappa shape index (κ2) is 8.46. The molecule has 20 heavy (non-hydrogen) atoms. The fourth-order valence-electron chi connectivity index (χ4n) is 1.52. The van der Waals surface area contributed by atoms with E-state index in [1.54, 1.807) is 24.3 Å². The minimum absolute atomic E-state index is 0.290. The molecule has 0 aliphatic rings. The summed E-state index contributed by atoms with van der Waals surface area (Å²) in [5, 5.41) is 3.21. The summed E-state index contributed by atoms with van der Waals surface area (Å²) < 4.78 is 30.2. The first-order chi connectivity index (χ1) is 9.48. The van der Waals surface area contributed by atoms with Crippen molar-refractivity contribution in [2.45, 2.75) is 11.3 Å². The number of sulfonamides is 1. The van der Waals surface area contributed by atoms with Crippen molar-refractivity contribution in [1.82, 2.24) is 4.31 Å². The Hall–Kier alpha value is -0.820. The van der Waals surface area contributed by atoms with E-state index in [9.17, 15) is 8.42 Å². The molecule has 0 fully saturated rings. The van der Waals surface area contributed by atoms with Crippen LogP contribution in [-0.2, 0) is 14.8 Å². The molecule has 0 saturated carbocycles. The number of hydrogen-bond acceptors (Lipinski definition) is 4. The number of nitrogens with zero attached hydrogens (tertiary/aromatic N) is 1. The van der Waals surface area contributed by atoms with Gasteiger partial charge in [0.1, 0.15) is 0 Å². The molecule has 114 valence electrons. The second-order valence-corrected chi connectivity index (χ2v) is 6.92. The van der Waals surface area contributed by atoms with Gasteiger partial charge >= 0.3 is 0 Å². The highest BCUT2D eigenvalue weighted by molar-refractivity contribution is 7.89. The monoisotopic (exact) mass is 320 g/mol. The van der Waals surface area contributed by atoms with E-state index >= 15 is 0 Å². The summed E-state index contributed by atoms with van der Waals surface area (Å²) in [5.41, 5.74) is 0.889. The molecule has 0 radical (unpaired) electrons. The van der Waals surface area contributed by atoms with Gasteiger partial charge in [0.15, 0.2) is 0 Å². The van der Waals surface area contributed by atoms with E-state index in [2.05, 4.69) is 5.32 Å². The lowest BCUT2D eigenvalue weighted by molar-refractivity contribution is 0.149. The third-order valence-electron chi connectivity index (χ3n) is 2.65. The van der Waals surface area contributed by atoms with Gasteiger partial charge in [-0.3, -0.25) is 0 Å². The Balaban J connectivity index is 2.44. The Kier molecular flexibility index (Phi) is 7.29. The number of halogens is 1. The van der Waals surface area contributed by atoms with Crippen LogP contribution in [0.5, 0.6) is 0 Å². The van der Waals surface area contributed by atoms with Gasteiger partial charge in [0.05, 0.1) is 11.5 Å². The van der Waals surface area contributed by atoms with Gasteiger partial charge in [-0.15, -0.1) is 11.6 Å². The van der Waals surface area contributed by atoms with Crippen molar-refractivity contribution >= 4 is 27.3 Å². The zero-order valence-corrected chi connectivity index (χ0v) is 13.4. The molecule has 1 aromatic carbocycles. The van der Waals surface area contributed by atoms with Crippen molar-refractivity contribution in [3.8, 4) is 0 Å². The van der Waals surface area contributed by atoms with Crippen LogP contribution in [0.2, 0.25) is 0 Å². The van der Waals surface area contributed by atoms with E-state index in [4.69, 9.17) is 16.3 Å². The fourth-order valence-corrected chi connectivity index (χ4v) is 2.53. The minimum Gasteiger partial charge on any atom is -0.385 e. The van der Waals surface area contributed by atoms with Gasteiger partial charge in [0.25, 0.3) is 0 Å². The zero-order valence-electron chi connectivity index (χ0n) is 11.8. The molecule has 0 aliphatic heterocycles. The van der Waals surface area contributed by atoms with Gasteiger partial charge < -0.3 is 10.1 Å². The molecule has 0 atom stereocenters. The van der Waals surface area contributed by atoms with Crippen LogP contribution >= 0.6 is 11.6 Å². The van der Waals surface area contributed by atoms with E-state index < -0.39 is 10.0 Å². The zero-order chi connectivity index (χ0) is 15.0. The van der Waals surface area contributed by atoms with Gasteiger partial charge in [-0.05, 0) is 30.7 Å². The molecule has 0 bridgehead atoms. The summed E-state index contributed by atoms with van der Waals surface area (Å²) in [5.74, 6) is 0.509. The fraction of sp³-hybridized carbons (Fsp3) is 0.538. The smallest absolute Gasteiger partial charge is 0.242 e. The van der Waals surface area contributed by atoms with Crippen molar-refractivity contribution in [3.63, 3.8) is 0 Å². The van der Waals surface area contributed by atoms with Crippen LogP contribution in [-0.4, -0.2) is 52.5 Å². The minimum atomic E-state index is -3.36. The molecule has 1 aromatic rings. The number of nitrogens with one attached hydrogen (secondary N) is 1. The number of hydrogen-bond donors (Lipinski definition) is 1. The molecule has 0 amide bonds. The maximum absolute atomic E-state index is 11.9. The van der Waals surface area contributed by atoms with Gasteiger partial charge in [-0.25, -0.2) is 12.7 Å². The lowest BCUT2D eigenvalue weighted by Crippen LogP contribution is -2.22. The largest absolute Gasteiger partial charge is 0.385 e. The number of anilines is 1. The van der Waals surface area contributed by atoms with Crippen molar-refractivity contribution < 1.29 is 13.2 Å². The molecule has 7 heteroatoms. The highest BCUT2D eigenvalue weighted by Gasteiger charge is 2.16. The van der Waals surface area contributed by atoms with Crippen LogP contribution < -0.4 is 5.32 Å². The molecule has 0 unspecified atom stereocenters. The summed E-state index contributed by atoms with van der Waals surface area (Å²) in [6, 6.07) is 6.72. The number of rotatable bonds is 9. The predicted molar refractivity (Wildman–Crippen MR) is 82.0 cm³/mol. The van der Waals surface area contributed by atoms with Crippen LogP contribution in [0.25, 0.3) is 0 Å². The molecule has 0 saturated heterocycles. The average Bonchev–Trinajstić information content (AvgIpc) is 2.43. The Morgan fingerprint density at radius 1 is 1.20 bits per heavy atom. The Morgan fingerprint density at radius 2 is 1.85 bits per heavy atom. The van der Waals surface area contributed by atoms with Gasteiger partial charge in [-0.2, -0.15) is 0 Å². The number of ether oxygens (including phenoxy) is 1. The molecule has 1 rings (SSSR count). The van der Waals surface area contributed by atoms with Gasteiger partial charge in [-0.1, -0.05) is 0 Å². The van der Waals surface area contributed by atoms with E-state index in [1.807, 2.05) is 0 Å². The van der Waals surface area contributed by atoms with Crippen LogP contribution in [0.3, 0.4) is 0 Å². The first-order valence-electron chi connectivity index (χ1n) is 6.38. The quantitative estimate of drug-likeness (QED) is 0.558. The van der Waals surface area contributed by atoms with Crippen molar-refractivity contribution in [2.75, 3.05) is 45.1 Å². The third kappa shape index (κ3) is 5.28. The molecule has 0 aromatic heterocycles. The highest BCUT2D eigenvalue weighted by atomic mass is 35.5. The summed E-state index contributed by atoms with van der Waals surface area (Å²) in [4.78, 5) is 0.290. The topological polar surface area (TPSA) is 58.6 Å². The van der Waals surface area contributed by atoms with E-state index in [0.717, 1.165) is 18.7 Å². The van der Waals surface area contributed by atoms with E-state index in [-0.39, 0.29) is 0 Å². The standard InChI is InChI=1S/C13H21ClN2O3S/c1-16(2)20(17,18)13-6-4-12(5-7-13)15-9-3-10-19-11-8-14/h4-7,15H,3,8-11H2,1-2H3. The first-order valence-corrected chi connectivity index (χ1v) is 8.36. The third-order valence-corrected chi connectivity index (χ3v) is 4.63. The second-order valence-electron chi connectivity index (χ2n) is 4.39. The molecule has 1 N–H and O–H groups in total. The van der Waals surface area contributed by atoms with E-state index in [1.165, 1.54) is 18.4 Å². The van der Waals surface area contributed by atoms with Crippen LogP contribution in [0, 0.1) is 0 Å². The Labute approximate surface area is 125 Å². The maximum Gasteiger partial charge on any atom is 0.242 e. The summed E-state index contributed by atoms with van der Waals surface area (Å²) in [6.07, 6.45) is 0.870. The molecule has 0 aliphatic carbocycles. The Morgan fingerprint density at radius 3 is 2.40 bits per heavy atom. The van der Waals surface area contributed by atoms with Crippen LogP contribution in [0.4, 0.5) is 5.69 Å². The van der Waals surface area contributed by atoms with Crippen LogP contribution in [0.15, 0.2) is 29.2 Å². The van der Waals surface area contributed by atoms with Crippen molar-refractivity contribution in [2.24, 2.45) is 0 Å². The number of benzene rings is 1. The summed E-state index contributed by atoms with van der Waals surface area (Å²) in [7, 11) is -0.324.